The van der Waals surface area contributed by atoms with Crippen molar-refractivity contribution in [3.05, 3.63) is 58.9 Å². The van der Waals surface area contributed by atoms with Gasteiger partial charge in [0, 0.05) is 36.2 Å². The minimum absolute atomic E-state index is 0.139. The van der Waals surface area contributed by atoms with Gasteiger partial charge in [0.1, 0.15) is 5.82 Å². The van der Waals surface area contributed by atoms with Crippen molar-refractivity contribution in [2.24, 2.45) is 21.5 Å². The van der Waals surface area contributed by atoms with E-state index >= 15 is 0 Å². The van der Waals surface area contributed by atoms with Gasteiger partial charge >= 0.3 is 0 Å². The zero-order valence-corrected chi connectivity index (χ0v) is 14.7. The van der Waals surface area contributed by atoms with Crippen molar-refractivity contribution in [2.45, 2.75) is 20.0 Å². The fourth-order valence-corrected chi connectivity index (χ4v) is 2.04. The molecule has 6 nitrogen and oxygen atoms in total. The van der Waals surface area contributed by atoms with Gasteiger partial charge in [0.25, 0.3) is 0 Å². The molecule has 0 heterocycles. The van der Waals surface area contributed by atoms with E-state index in [2.05, 4.69) is 9.98 Å². The van der Waals surface area contributed by atoms with Crippen molar-refractivity contribution in [1.29, 1.82) is 0 Å². The average molecular weight is 348 g/mol. The second kappa shape index (κ2) is 10.2. The van der Waals surface area contributed by atoms with E-state index in [1.54, 1.807) is 19.2 Å². The number of aliphatic imine (C=N–C) groups is 2. The van der Waals surface area contributed by atoms with E-state index < -0.39 is 11.9 Å². The molecule has 1 aromatic carbocycles. The molecule has 0 amide bonds. The third kappa shape index (κ3) is 6.39. The highest BCUT2D eigenvalue weighted by atomic mass is 19.1. The number of aliphatic hydroxyl groups is 1. The molecule has 0 saturated carbocycles. The molecule has 0 saturated heterocycles. The summed E-state index contributed by atoms with van der Waals surface area (Å²) in [4.78, 5) is 8.62. The lowest BCUT2D eigenvalue weighted by molar-refractivity contribution is 0.198. The van der Waals surface area contributed by atoms with Crippen LogP contribution in [0.3, 0.4) is 0 Å². The molecule has 0 unspecified atom stereocenters. The first-order chi connectivity index (χ1) is 11.9. The molecule has 1 atom stereocenters. The molecule has 136 valence electrons. The monoisotopic (exact) mass is 348 g/mol. The summed E-state index contributed by atoms with van der Waals surface area (Å²) < 4.78 is 18.5. The smallest absolute Gasteiger partial charge is 0.185 e. The Morgan fingerprint density at radius 3 is 2.72 bits per heavy atom. The highest BCUT2D eigenvalue weighted by Crippen LogP contribution is 2.21. The SMILES string of the molecule is CCN=CC(=CN)CN=C(C=C(N)OC)c1ccc(F)cc1[C@@H](C)O. The van der Waals surface area contributed by atoms with Crippen molar-refractivity contribution in [2.75, 3.05) is 20.2 Å². The number of methoxy groups -OCH3 is 1. The largest absolute Gasteiger partial charge is 0.483 e. The molecule has 7 heteroatoms. The molecule has 0 bridgehead atoms. The van der Waals surface area contributed by atoms with Crippen molar-refractivity contribution in [3.63, 3.8) is 0 Å². The average Bonchev–Trinajstić information content (AvgIpc) is 2.60. The van der Waals surface area contributed by atoms with Gasteiger partial charge in [-0.25, -0.2) is 4.39 Å². The van der Waals surface area contributed by atoms with Crippen molar-refractivity contribution in [1.82, 2.24) is 0 Å². The third-order valence-electron chi connectivity index (χ3n) is 3.34. The van der Waals surface area contributed by atoms with E-state index in [0.717, 1.165) is 0 Å². The number of hydrogen-bond acceptors (Lipinski definition) is 6. The maximum Gasteiger partial charge on any atom is 0.185 e. The summed E-state index contributed by atoms with van der Waals surface area (Å²) >= 11 is 0. The molecule has 0 radical (unpaired) electrons. The van der Waals surface area contributed by atoms with Crippen molar-refractivity contribution >= 4 is 11.9 Å². The lowest BCUT2D eigenvalue weighted by Crippen LogP contribution is -2.11. The maximum absolute atomic E-state index is 13.5. The van der Waals surface area contributed by atoms with E-state index in [9.17, 15) is 9.50 Å². The molecule has 0 aliphatic rings. The fourth-order valence-electron chi connectivity index (χ4n) is 2.04. The number of rotatable bonds is 8. The molecular formula is C18H25FN4O2. The van der Waals surface area contributed by atoms with Crippen LogP contribution in [0.4, 0.5) is 4.39 Å². The molecule has 0 fully saturated rings. The summed E-state index contributed by atoms with van der Waals surface area (Å²) in [5.41, 5.74) is 13.4. The van der Waals surface area contributed by atoms with Gasteiger partial charge in [-0.05, 0) is 37.6 Å². The molecule has 1 rings (SSSR count). The fraction of sp³-hybridized carbons (Fsp3) is 0.333. The van der Waals surface area contributed by atoms with Crippen LogP contribution in [0.15, 0.2) is 51.9 Å². The lowest BCUT2D eigenvalue weighted by Gasteiger charge is -2.13. The van der Waals surface area contributed by atoms with Gasteiger partial charge in [0.2, 0.25) is 0 Å². The molecule has 0 aliphatic carbocycles. The molecule has 0 spiro atoms. The third-order valence-corrected chi connectivity index (χ3v) is 3.34. The Hall–Kier alpha value is -2.67. The number of hydrogen-bond donors (Lipinski definition) is 3. The van der Waals surface area contributed by atoms with E-state index in [-0.39, 0.29) is 12.4 Å². The van der Waals surface area contributed by atoms with Crippen LogP contribution in [0.2, 0.25) is 0 Å². The topological polar surface area (TPSA) is 106 Å². The Morgan fingerprint density at radius 2 is 2.16 bits per heavy atom. The maximum atomic E-state index is 13.5. The highest BCUT2D eigenvalue weighted by Gasteiger charge is 2.14. The predicted molar refractivity (Wildman–Crippen MR) is 99.0 cm³/mol. The number of nitrogens with zero attached hydrogens (tertiary/aromatic N) is 2. The van der Waals surface area contributed by atoms with Crippen LogP contribution in [-0.2, 0) is 4.74 Å². The van der Waals surface area contributed by atoms with Crippen molar-refractivity contribution < 1.29 is 14.2 Å². The van der Waals surface area contributed by atoms with E-state index in [0.29, 0.717) is 29.0 Å². The van der Waals surface area contributed by atoms with Crippen LogP contribution in [0.25, 0.3) is 0 Å². The molecule has 25 heavy (non-hydrogen) atoms. The lowest BCUT2D eigenvalue weighted by atomic mass is 9.98. The minimum Gasteiger partial charge on any atom is -0.483 e. The van der Waals surface area contributed by atoms with Gasteiger partial charge in [0.15, 0.2) is 5.88 Å². The van der Waals surface area contributed by atoms with E-state index in [1.807, 2.05) is 6.92 Å². The van der Waals surface area contributed by atoms with Crippen LogP contribution < -0.4 is 11.5 Å². The zero-order chi connectivity index (χ0) is 18.8. The summed E-state index contributed by atoms with van der Waals surface area (Å²) in [6, 6.07) is 4.11. The number of ether oxygens (including phenoxy) is 1. The van der Waals surface area contributed by atoms with Crippen LogP contribution in [-0.4, -0.2) is 37.2 Å². The first-order valence-electron chi connectivity index (χ1n) is 7.87. The van der Waals surface area contributed by atoms with Crippen molar-refractivity contribution in [3.8, 4) is 0 Å². The summed E-state index contributed by atoms with van der Waals surface area (Å²) in [7, 11) is 1.43. The normalized spacial score (nSPS) is 14.8. The summed E-state index contributed by atoms with van der Waals surface area (Å²) in [5, 5.41) is 9.95. The second-order valence-electron chi connectivity index (χ2n) is 5.23. The first kappa shape index (κ1) is 20.4. The van der Waals surface area contributed by atoms with Gasteiger partial charge in [0.05, 0.1) is 25.5 Å². The summed E-state index contributed by atoms with van der Waals surface area (Å²) in [6.07, 6.45) is 3.71. The Balaban J connectivity index is 3.36. The predicted octanol–water partition coefficient (Wildman–Crippen LogP) is 2.05. The second-order valence-corrected chi connectivity index (χ2v) is 5.23. The number of benzene rings is 1. The Morgan fingerprint density at radius 1 is 1.44 bits per heavy atom. The Kier molecular flexibility index (Phi) is 8.35. The minimum atomic E-state index is -0.876. The Bertz CT molecular complexity index is 694. The van der Waals surface area contributed by atoms with Gasteiger partial charge in [-0.15, -0.1) is 0 Å². The highest BCUT2D eigenvalue weighted by molar-refractivity contribution is 6.10. The number of halogens is 1. The van der Waals surface area contributed by atoms with Crippen LogP contribution in [0.1, 0.15) is 31.1 Å². The van der Waals surface area contributed by atoms with Gasteiger partial charge in [-0.2, -0.15) is 0 Å². The first-order valence-corrected chi connectivity index (χ1v) is 7.87. The van der Waals surface area contributed by atoms with Crippen LogP contribution >= 0.6 is 0 Å². The molecule has 5 N–H and O–H groups in total. The van der Waals surface area contributed by atoms with Crippen LogP contribution in [0.5, 0.6) is 0 Å². The van der Waals surface area contributed by atoms with Gasteiger partial charge in [-0.3, -0.25) is 9.98 Å². The standard InChI is InChI=1S/C18H25FN4O2/c1-4-22-10-13(9-20)11-23-17(8-18(21)25-3)15-6-5-14(19)7-16(15)12(2)24/h5-10,12,24H,4,11,20-21H2,1-3H3/t12-/m1/s1. The Labute approximate surface area is 147 Å². The molecule has 0 aromatic heterocycles. The molecule has 0 aliphatic heterocycles. The van der Waals surface area contributed by atoms with Gasteiger partial charge < -0.3 is 21.3 Å². The molecule has 1 aromatic rings. The number of allylic oxidation sites excluding steroid dienone is 1. The van der Waals surface area contributed by atoms with E-state index in [4.69, 9.17) is 16.2 Å². The quantitative estimate of drug-likeness (QED) is 0.494. The number of nitrogens with two attached hydrogens (primary N) is 2. The number of aliphatic hydroxyl groups excluding tert-OH is 1. The summed E-state index contributed by atoms with van der Waals surface area (Å²) in [6.45, 7) is 4.35. The van der Waals surface area contributed by atoms with E-state index in [1.165, 1.54) is 31.5 Å². The van der Waals surface area contributed by atoms with Gasteiger partial charge in [-0.1, -0.05) is 0 Å². The van der Waals surface area contributed by atoms with Crippen LogP contribution in [0, 0.1) is 5.82 Å². The molecular weight excluding hydrogens is 323 g/mol. The zero-order valence-electron chi connectivity index (χ0n) is 14.7. The summed E-state index contributed by atoms with van der Waals surface area (Å²) in [5.74, 6) is -0.305.